The van der Waals surface area contributed by atoms with Crippen LogP contribution in [0.4, 0.5) is 0 Å². The molecule has 16 heavy (non-hydrogen) atoms. The standard InChI is InChI=1S/C12H23NO3/c1-2-10(6-7-14)9-13-12(15)11-5-3-4-8-16-11/h10-11,14H,2-9H2,1H3,(H,13,15). The monoisotopic (exact) mass is 229 g/mol. The Balaban J connectivity index is 2.22. The number of ether oxygens (including phenoxy) is 1. The lowest BCUT2D eigenvalue weighted by Gasteiger charge is -2.23. The molecule has 4 nitrogen and oxygen atoms in total. The first-order valence-electron chi connectivity index (χ1n) is 6.28. The second-order valence-electron chi connectivity index (χ2n) is 4.39. The lowest BCUT2D eigenvalue weighted by molar-refractivity contribution is -0.135. The van der Waals surface area contributed by atoms with Crippen molar-refractivity contribution in [3.63, 3.8) is 0 Å². The number of amides is 1. The van der Waals surface area contributed by atoms with E-state index in [1.165, 1.54) is 0 Å². The molecule has 0 aromatic heterocycles. The average Bonchev–Trinajstić information content (AvgIpc) is 2.35. The Morgan fingerprint density at radius 1 is 1.56 bits per heavy atom. The van der Waals surface area contributed by atoms with Gasteiger partial charge in [0.2, 0.25) is 5.91 Å². The van der Waals surface area contributed by atoms with Gasteiger partial charge >= 0.3 is 0 Å². The number of hydrogen-bond acceptors (Lipinski definition) is 3. The third-order valence-electron chi connectivity index (χ3n) is 3.15. The Morgan fingerprint density at radius 2 is 2.38 bits per heavy atom. The van der Waals surface area contributed by atoms with Gasteiger partial charge in [-0.2, -0.15) is 0 Å². The van der Waals surface area contributed by atoms with Gasteiger partial charge in [0.25, 0.3) is 0 Å². The Kier molecular flexibility index (Phi) is 6.42. The highest BCUT2D eigenvalue weighted by atomic mass is 16.5. The van der Waals surface area contributed by atoms with Crippen LogP contribution in [0.5, 0.6) is 0 Å². The van der Waals surface area contributed by atoms with Crippen molar-refractivity contribution in [2.45, 2.75) is 45.1 Å². The minimum Gasteiger partial charge on any atom is -0.396 e. The van der Waals surface area contributed by atoms with Gasteiger partial charge in [-0.05, 0) is 31.6 Å². The second-order valence-corrected chi connectivity index (χ2v) is 4.39. The van der Waals surface area contributed by atoms with Crippen molar-refractivity contribution < 1.29 is 14.6 Å². The van der Waals surface area contributed by atoms with Crippen LogP contribution in [-0.4, -0.2) is 36.9 Å². The molecule has 94 valence electrons. The topological polar surface area (TPSA) is 58.6 Å². The van der Waals surface area contributed by atoms with Crippen molar-refractivity contribution in [2.75, 3.05) is 19.8 Å². The first-order valence-corrected chi connectivity index (χ1v) is 6.28. The third-order valence-corrected chi connectivity index (χ3v) is 3.15. The van der Waals surface area contributed by atoms with Gasteiger partial charge in [-0.1, -0.05) is 13.3 Å². The molecule has 1 rings (SSSR count). The molecule has 0 aromatic rings. The normalized spacial score (nSPS) is 22.8. The van der Waals surface area contributed by atoms with E-state index in [-0.39, 0.29) is 18.6 Å². The molecule has 2 atom stereocenters. The maximum absolute atomic E-state index is 11.7. The molecule has 0 saturated carbocycles. The molecule has 1 heterocycles. The zero-order valence-corrected chi connectivity index (χ0v) is 10.1. The van der Waals surface area contributed by atoms with Crippen molar-refractivity contribution in [1.82, 2.24) is 5.32 Å². The summed E-state index contributed by atoms with van der Waals surface area (Å²) in [5, 5.41) is 11.8. The smallest absolute Gasteiger partial charge is 0.249 e. The molecule has 0 bridgehead atoms. The number of carbonyl (C=O) groups is 1. The van der Waals surface area contributed by atoms with Gasteiger partial charge in [0.05, 0.1) is 0 Å². The van der Waals surface area contributed by atoms with Crippen molar-refractivity contribution in [3.8, 4) is 0 Å². The summed E-state index contributed by atoms with van der Waals surface area (Å²) >= 11 is 0. The zero-order valence-electron chi connectivity index (χ0n) is 10.1. The van der Waals surface area contributed by atoms with Crippen LogP contribution in [0.15, 0.2) is 0 Å². The lowest BCUT2D eigenvalue weighted by Crippen LogP contribution is -2.40. The Morgan fingerprint density at radius 3 is 2.94 bits per heavy atom. The highest BCUT2D eigenvalue weighted by Gasteiger charge is 2.22. The molecule has 0 aliphatic carbocycles. The molecular weight excluding hydrogens is 206 g/mol. The van der Waals surface area contributed by atoms with E-state index in [0.29, 0.717) is 19.1 Å². The molecule has 2 N–H and O–H groups in total. The van der Waals surface area contributed by atoms with Crippen molar-refractivity contribution in [1.29, 1.82) is 0 Å². The first-order chi connectivity index (χ1) is 7.77. The third kappa shape index (κ3) is 4.49. The number of hydrogen-bond donors (Lipinski definition) is 2. The molecule has 1 saturated heterocycles. The summed E-state index contributed by atoms with van der Waals surface area (Å²) in [6, 6.07) is 0. The second kappa shape index (κ2) is 7.63. The van der Waals surface area contributed by atoms with Crippen LogP contribution < -0.4 is 5.32 Å². The summed E-state index contributed by atoms with van der Waals surface area (Å²) in [5.41, 5.74) is 0. The molecule has 0 aromatic carbocycles. The SMILES string of the molecule is CCC(CCO)CNC(=O)C1CCCCO1. The van der Waals surface area contributed by atoms with Crippen molar-refractivity contribution in [2.24, 2.45) is 5.92 Å². The first kappa shape index (κ1) is 13.5. The van der Waals surface area contributed by atoms with Crippen molar-refractivity contribution in [3.05, 3.63) is 0 Å². The van der Waals surface area contributed by atoms with Crippen LogP contribution >= 0.6 is 0 Å². The van der Waals surface area contributed by atoms with E-state index < -0.39 is 0 Å². The van der Waals surface area contributed by atoms with E-state index in [4.69, 9.17) is 9.84 Å². The van der Waals surface area contributed by atoms with E-state index in [1.807, 2.05) is 0 Å². The Hall–Kier alpha value is -0.610. The summed E-state index contributed by atoms with van der Waals surface area (Å²) < 4.78 is 5.40. The molecule has 1 aliphatic rings. The average molecular weight is 229 g/mol. The summed E-state index contributed by atoms with van der Waals surface area (Å²) in [4.78, 5) is 11.7. The lowest BCUT2D eigenvalue weighted by atomic mass is 10.0. The van der Waals surface area contributed by atoms with E-state index >= 15 is 0 Å². The quantitative estimate of drug-likeness (QED) is 0.716. The highest BCUT2D eigenvalue weighted by Crippen LogP contribution is 2.13. The minimum atomic E-state index is -0.250. The largest absolute Gasteiger partial charge is 0.396 e. The Labute approximate surface area is 97.4 Å². The van der Waals surface area contributed by atoms with E-state index in [0.717, 1.165) is 32.1 Å². The van der Waals surface area contributed by atoms with Gasteiger partial charge in [0.1, 0.15) is 6.10 Å². The molecule has 0 radical (unpaired) electrons. The fourth-order valence-electron chi connectivity index (χ4n) is 1.94. The highest BCUT2D eigenvalue weighted by molar-refractivity contribution is 5.80. The van der Waals surface area contributed by atoms with Crippen LogP contribution in [0, 0.1) is 5.92 Å². The fourth-order valence-corrected chi connectivity index (χ4v) is 1.94. The predicted molar refractivity (Wildman–Crippen MR) is 62.1 cm³/mol. The van der Waals surface area contributed by atoms with Gasteiger partial charge in [-0.15, -0.1) is 0 Å². The number of rotatable bonds is 6. The molecule has 4 heteroatoms. The van der Waals surface area contributed by atoms with E-state index in [1.54, 1.807) is 0 Å². The van der Waals surface area contributed by atoms with Gasteiger partial charge in [0.15, 0.2) is 0 Å². The van der Waals surface area contributed by atoms with E-state index in [9.17, 15) is 4.79 Å². The van der Waals surface area contributed by atoms with Gasteiger partial charge in [0, 0.05) is 19.8 Å². The maximum Gasteiger partial charge on any atom is 0.249 e. The van der Waals surface area contributed by atoms with Gasteiger partial charge in [-0.25, -0.2) is 0 Å². The summed E-state index contributed by atoms with van der Waals surface area (Å²) in [6.07, 6.45) is 4.45. The number of aliphatic hydroxyl groups excluding tert-OH is 1. The molecule has 0 spiro atoms. The van der Waals surface area contributed by atoms with Crippen LogP contribution in [0.2, 0.25) is 0 Å². The van der Waals surface area contributed by atoms with Gasteiger partial charge in [-0.3, -0.25) is 4.79 Å². The Bertz CT molecular complexity index is 202. The molecular formula is C12H23NO3. The molecule has 2 unspecified atom stereocenters. The predicted octanol–water partition coefficient (Wildman–Crippen LogP) is 1.08. The van der Waals surface area contributed by atoms with Gasteiger partial charge < -0.3 is 15.2 Å². The molecule has 1 fully saturated rings. The number of aliphatic hydroxyl groups is 1. The summed E-state index contributed by atoms with van der Waals surface area (Å²) in [5.74, 6) is 0.383. The number of nitrogens with one attached hydrogen (secondary N) is 1. The number of carbonyl (C=O) groups excluding carboxylic acids is 1. The van der Waals surface area contributed by atoms with Crippen LogP contribution in [0.25, 0.3) is 0 Å². The summed E-state index contributed by atoms with van der Waals surface area (Å²) in [7, 11) is 0. The molecule has 1 amide bonds. The summed E-state index contributed by atoms with van der Waals surface area (Å²) in [6.45, 7) is 3.61. The van der Waals surface area contributed by atoms with Crippen molar-refractivity contribution >= 4 is 5.91 Å². The van der Waals surface area contributed by atoms with Crippen LogP contribution in [0.1, 0.15) is 39.0 Å². The minimum absolute atomic E-state index is 0.0103. The maximum atomic E-state index is 11.7. The fraction of sp³-hybridized carbons (Fsp3) is 0.917. The van der Waals surface area contributed by atoms with Crippen LogP contribution in [-0.2, 0) is 9.53 Å². The van der Waals surface area contributed by atoms with E-state index in [2.05, 4.69) is 12.2 Å². The zero-order chi connectivity index (χ0) is 11.8. The van der Waals surface area contributed by atoms with Crippen LogP contribution in [0.3, 0.4) is 0 Å². The molecule has 1 aliphatic heterocycles.